The minimum Gasteiger partial charge on any atom is -0.481 e. The number of carbonyl (C=O) groups excluding carboxylic acids is 1. The van der Waals surface area contributed by atoms with E-state index in [4.69, 9.17) is 5.11 Å². The van der Waals surface area contributed by atoms with Crippen LogP contribution in [0.4, 0.5) is 13.2 Å². The van der Waals surface area contributed by atoms with E-state index >= 15 is 0 Å². The molecule has 7 nitrogen and oxygen atoms in total. The summed E-state index contributed by atoms with van der Waals surface area (Å²) in [6.45, 7) is 0.921. The van der Waals surface area contributed by atoms with Crippen LogP contribution in [0.5, 0.6) is 0 Å². The van der Waals surface area contributed by atoms with Crippen molar-refractivity contribution in [3.63, 3.8) is 0 Å². The van der Waals surface area contributed by atoms with Crippen LogP contribution in [0.2, 0.25) is 0 Å². The van der Waals surface area contributed by atoms with Gasteiger partial charge in [-0.05, 0) is 6.92 Å². The molecule has 0 spiro atoms. The van der Waals surface area contributed by atoms with Gasteiger partial charge in [0.1, 0.15) is 5.92 Å². The average Bonchev–Trinajstić information content (AvgIpc) is 2.79. The fraction of sp³-hybridized carbons (Fsp3) is 0.600. The molecule has 0 aliphatic carbocycles. The summed E-state index contributed by atoms with van der Waals surface area (Å²) in [7, 11) is 0. The third kappa shape index (κ3) is 2.45. The highest BCUT2D eigenvalue weighted by molar-refractivity contribution is 5.96. The number of fused-ring (bicyclic) bond motifs is 1. The van der Waals surface area contributed by atoms with Crippen molar-refractivity contribution in [3.05, 3.63) is 11.6 Å². The molecule has 1 aliphatic heterocycles. The van der Waals surface area contributed by atoms with Gasteiger partial charge in [0, 0.05) is 13.1 Å². The maximum absolute atomic E-state index is 12.6. The van der Waals surface area contributed by atoms with Gasteiger partial charge >= 0.3 is 12.1 Å². The fourth-order valence-corrected chi connectivity index (χ4v) is 1.94. The van der Waals surface area contributed by atoms with E-state index in [1.807, 2.05) is 0 Å². The molecule has 1 aliphatic rings. The van der Waals surface area contributed by atoms with Crippen molar-refractivity contribution in [2.24, 2.45) is 5.92 Å². The molecule has 1 aromatic heterocycles. The Hall–Kier alpha value is -2.13. The molecule has 0 radical (unpaired) electrons. The van der Waals surface area contributed by atoms with E-state index < -0.39 is 29.8 Å². The number of aromatic nitrogens is 3. The minimum atomic E-state index is -4.61. The second-order valence-corrected chi connectivity index (χ2v) is 4.41. The molecule has 1 unspecified atom stereocenters. The van der Waals surface area contributed by atoms with Crippen molar-refractivity contribution in [2.45, 2.75) is 26.2 Å². The summed E-state index contributed by atoms with van der Waals surface area (Å²) >= 11 is 0. The van der Waals surface area contributed by atoms with Gasteiger partial charge in [0.2, 0.25) is 11.7 Å². The highest BCUT2D eigenvalue weighted by Gasteiger charge is 2.40. The Morgan fingerprint density at radius 2 is 1.95 bits per heavy atom. The Balaban J connectivity index is 2.19. The monoisotopic (exact) mass is 292 g/mol. The lowest BCUT2D eigenvalue weighted by Crippen LogP contribution is -2.43. The Morgan fingerprint density at radius 3 is 2.50 bits per heavy atom. The van der Waals surface area contributed by atoms with Gasteiger partial charge < -0.3 is 14.6 Å². The van der Waals surface area contributed by atoms with E-state index in [1.54, 1.807) is 0 Å². The zero-order chi connectivity index (χ0) is 15.1. The van der Waals surface area contributed by atoms with Crippen LogP contribution in [-0.4, -0.2) is 43.2 Å². The Morgan fingerprint density at radius 1 is 1.30 bits per heavy atom. The van der Waals surface area contributed by atoms with Crippen molar-refractivity contribution in [3.8, 4) is 0 Å². The summed E-state index contributed by atoms with van der Waals surface area (Å²) < 4.78 is 38.8. The lowest BCUT2D eigenvalue weighted by Gasteiger charge is -2.29. The average molecular weight is 292 g/mol. The summed E-state index contributed by atoms with van der Waals surface area (Å²) in [6, 6.07) is 0. The van der Waals surface area contributed by atoms with E-state index in [1.165, 1.54) is 11.8 Å². The van der Waals surface area contributed by atoms with Crippen LogP contribution in [0.1, 0.15) is 18.6 Å². The Bertz CT molecular complexity index is 554. The standard InChI is InChI=1S/C10H11F3N4O3/c1-5(8(19)20)7(18)16-2-3-17-6(4-16)14-15-9(17)10(11,12)13/h5H,2-4H2,1H3,(H,19,20). The molecule has 0 fully saturated rings. The molecule has 1 N–H and O–H groups in total. The molecule has 110 valence electrons. The highest BCUT2D eigenvalue weighted by atomic mass is 19.4. The molecule has 2 rings (SSSR count). The summed E-state index contributed by atoms with van der Waals surface area (Å²) in [4.78, 5) is 23.7. The van der Waals surface area contributed by atoms with Crippen molar-refractivity contribution < 1.29 is 27.9 Å². The molecule has 0 aromatic carbocycles. The molecular weight excluding hydrogens is 281 g/mol. The van der Waals surface area contributed by atoms with Crippen LogP contribution in [-0.2, 0) is 28.9 Å². The molecule has 1 atom stereocenters. The Kier molecular flexibility index (Phi) is 3.40. The number of nitrogens with zero attached hydrogens (tertiary/aromatic N) is 4. The van der Waals surface area contributed by atoms with Crippen LogP contribution >= 0.6 is 0 Å². The van der Waals surface area contributed by atoms with Crippen LogP contribution in [0.25, 0.3) is 0 Å². The first-order valence-electron chi connectivity index (χ1n) is 5.72. The summed E-state index contributed by atoms with van der Waals surface area (Å²) in [5.41, 5.74) is 0. The third-order valence-corrected chi connectivity index (χ3v) is 3.06. The zero-order valence-corrected chi connectivity index (χ0v) is 10.4. The molecular formula is C10H11F3N4O3. The van der Waals surface area contributed by atoms with Gasteiger partial charge in [-0.25, -0.2) is 0 Å². The van der Waals surface area contributed by atoms with Crippen LogP contribution < -0.4 is 0 Å². The molecule has 0 saturated carbocycles. The first-order chi connectivity index (χ1) is 9.21. The summed E-state index contributed by atoms with van der Waals surface area (Å²) in [5, 5.41) is 15.2. The first kappa shape index (κ1) is 14.3. The lowest BCUT2D eigenvalue weighted by molar-refractivity contribution is -0.151. The number of hydrogen-bond donors (Lipinski definition) is 1. The van der Waals surface area contributed by atoms with Crippen molar-refractivity contribution in [1.82, 2.24) is 19.7 Å². The van der Waals surface area contributed by atoms with E-state index in [2.05, 4.69) is 10.2 Å². The van der Waals surface area contributed by atoms with Crippen LogP contribution in [0, 0.1) is 5.92 Å². The van der Waals surface area contributed by atoms with Gasteiger partial charge in [0.25, 0.3) is 0 Å². The quantitative estimate of drug-likeness (QED) is 0.795. The zero-order valence-electron chi connectivity index (χ0n) is 10.4. The van der Waals surface area contributed by atoms with E-state index in [9.17, 15) is 22.8 Å². The van der Waals surface area contributed by atoms with Gasteiger partial charge in [-0.1, -0.05) is 0 Å². The predicted octanol–water partition coefficient (Wildman–Crippen LogP) is 0.360. The number of halogens is 3. The number of carbonyl (C=O) groups is 2. The van der Waals surface area contributed by atoms with E-state index in [-0.39, 0.29) is 25.5 Å². The van der Waals surface area contributed by atoms with Gasteiger partial charge in [0.05, 0.1) is 6.54 Å². The number of aliphatic carboxylic acids is 1. The van der Waals surface area contributed by atoms with Crippen molar-refractivity contribution >= 4 is 11.9 Å². The maximum Gasteiger partial charge on any atom is 0.451 e. The topological polar surface area (TPSA) is 88.3 Å². The number of alkyl halides is 3. The first-order valence-corrected chi connectivity index (χ1v) is 5.72. The van der Waals surface area contributed by atoms with Gasteiger partial charge in [-0.3, -0.25) is 9.59 Å². The SMILES string of the molecule is CC(C(=O)O)C(=O)N1CCn2c(nnc2C(F)(F)F)C1. The van der Waals surface area contributed by atoms with Gasteiger partial charge in [0.15, 0.2) is 5.82 Å². The molecule has 1 amide bonds. The predicted molar refractivity (Wildman–Crippen MR) is 57.2 cm³/mol. The number of carboxylic acid groups (broad SMARTS) is 1. The summed E-state index contributed by atoms with van der Waals surface area (Å²) in [6.07, 6.45) is -4.61. The molecule has 0 bridgehead atoms. The van der Waals surface area contributed by atoms with E-state index in [0.29, 0.717) is 0 Å². The normalized spacial score (nSPS) is 16.7. The molecule has 10 heteroatoms. The van der Waals surface area contributed by atoms with E-state index in [0.717, 1.165) is 4.57 Å². The van der Waals surface area contributed by atoms with Crippen LogP contribution in [0.15, 0.2) is 0 Å². The van der Waals surface area contributed by atoms with Crippen molar-refractivity contribution in [2.75, 3.05) is 6.54 Å². The number of hydrogen-bond acceptors (Lipinski definition) is 4. The minimum absolute atomic E-state index is 0.00508. The van der Waals surface area contributed by atoms with Gasteiger partial charge in [-0.2, -0.15) is 13.2 Å². The number of rotatable bonds is 2. The van der Waals surface area contributed by atoms with Gasteiger partial charge in [-0.15, -0.1) is 10.2 Å². The largest absolute Gasteiger partial charge is 0.481 e. The molecule has 2 heterocycles. The smallest absolute Gasteiger partial charge is 0.451 e. The fourth-order valence-electron chi connectivity index (χ4n) is 1.94. The Labute approximate surface area is 111 Å². The summed E-state index contributed by atoms with van der Waals surface area (Å²) in [5.74, 6) is -4.29. The maximum atomic E-state index is 12.6. The number of amides is 1. The molecule has 1 aromatic rings. The molecule has 0 saturated heterocycles. The second-order valence-electron chi connectivity index (χ2n) is 4.41. The molecule has 20 heavy (non-hydrogen) atoms. The van der Waals surface area contributed by atoms with Crippen molar-refractivity contribution in [1.29, 1.82) is 0 Å². The third-order valence-electron chi connectivity index (χ3n) is 3.06. The lowest BCUT2D eigenvalue weighted by atomic mass is 10.1. The van der Waals surface area contributed by atoms with Crippen LogP contribution in [0.3, 0.4) is 0 Å². The second kappa shape index (κ2) is 4.76. The highest BCUT2D eigenvalue weighted by Crippen LogP contribution is 2.29. The number of carboxylic acids is 1.